The third-order valence-electron chi connectivity index (χ3n) is 3.55. The maximum Gasteiger partial charge on any atom is 0.337 e. The van der Waals surface area contributed by atoms with Crippen molar-refractivity contribution in [3.8, 4) is 0 Å². The molecule has 0 heterocycles. The van der Waals surface area contributed by atoms with E-state index in [-0.39, 0.29) is 15.5 Å². The molecule has 27 heavy (non-hydrogen) atoms. The number of esters is 1. The number of hydrogen-bond donors (Lipinski definition) is 1. The molecule has 2 rings (SSSR count). The van der Waals surface area contributed by atoms with Gasteiger partial charge in [0.05, 0.1) is 34.2 Å². The number of nitrogens with one attached hydrogen (secondary N) is 1. The van der Waals surface area contributed by atoms with E-state index in [0.29, 0.717) is 10.7 Å². The fourth-order valence-electron chi connectivity index (χ4n) is 2.12. The third-order valence-corrected chi connectivity index (χ3v) is 6.11. The fraction of sp³-hybridized carbons (Fsp3) is 0.176. The van der Waals surface area contributed by atoms with E-state index >= 15 is 0 Å². The maximum atomic E-state index is 12.6. The number of carbonyl (C=O) groups excluding carboxylic acids is 2. The Morgan fingerprint density at radius 1 is 1.07 bits per heavy atom. The van der Waals surface area contributed by atoms with Gasteiger partial charge >= 0.3 is 5.97 Å². The summed E-state index contributed by atoms with van der Waals surface area (Å²) in [6.45, 7) is -0.415. The summed E-state index contributed by atoms with van der Waals surface area (Å²) in [5.74, 6) is -1.13. The molecule has 0 saturated heterocycles. The molecule has 0 bridgehead atoms. The Kier molecular flexibility index (Phi) is 6.83. The van der Waals surface area contributed by atoms with E-state index in [1.807, 2.05) is 0 Å². The van der Waals surface area contributed by atoms with Crippen LogP contribution in [0.2, 0.25) is 10.0 Å². The first-order chi connectivity index (χ1) is 12.6. The van der Waals surface area contributed by atoms with Gasteiger partial charge in [0, 0.05) is 12.7 Å². The number of benzene rings is 2. The molecule has 0 aliphatic rings. The predicted molar refractivity (Wildman–Crippen MR) is 103 cm³/mol. The lowest BCUT2D eigenvalue weighted by atomic mass is 10.2. The second-order valence-corrected chi connectivity index (χ2v) is 8.31. The second-order valence-electron chi connectivity index (χ2n) is 5.45. The number of anilines is 1. The van der Waals surface area contributed by atoms with Gasteiger partial charge in [0.1, 0.15) is 0 Å². The van der Waals surface area contributed by atoms with Gasteiger partial charge in [-0.1, -0.05) is 23.2 Å². The zero-order valence-electron chi connectivity index (χ0n) is 14.4. The predicted octanol–water partition coefficient (Wildman–Crippen LogP) is 3.04. The Labute approximate surface area is 166 Å². The Morgan fingerprint density at radius 2 is 1.70 bits per heavy atom. The van der Waals surface area contributed by atoms with Crippen molar-refractivity contribution in [2.75, 3.05) is 26.0 Å². The molecule has 0 radical (unpaired) electrons. The average molecular weight is 431 g/mol. The second kappa shape index (κ2) is 8.71. The van der Waals surface area contributed by atoms with E-state index in [2.05, 4.69) is 10.1 Å². The van der Waals surface area contributed by atoms with Crippen molar-refractivity contribution in [2.45, 2.75) is 4.90 Å². The highest BCUT2D eigenvalue weighted by Crippen LogP contribution is 2.25. The van der Waals surface area contributed by atoms with Crippen LogP contribution in [0.4, 0.5) is 5.69 Å². The van der Waals surface area contributed by atoms with Crippen LogP contribution >= 0.6 is 23.2 Å². The van der Waals surface area contributed by atoms with Gasteiger partial charge in [-0.25, -0.2) is 13.2 Å². The number of nitrogens with zero attached hydrogens (tertiary/aromatic N) is 1. The first kappa shape index (κ1) is 21.2. The molecule has 0 unspecified atom stereocenters. The van der Waals surface area contributed by atoms with Gasteiger partial charge in [0.15, 0.2) is 0 Å². The Bertz CT molecular complexity index is 962. The van der Waals surface area contributed by atoms with Crippen LogP contribution in [0.15, 0.2) is 47.4 Å². The van der Waals surface area contributed by atoms with Crippen molar-refractivity contribution in [1.82, 2.24) is 4.31 Å². The zero-order valence-corrected chi connectivity index (χ0v) is 16.7. The zero-order chi connectivity index (χ0) is 20.2. The molecular formula is C17H16Cl2N2O5S. The van der Waals surface area contributed by atoms with Crippen LogP contribution in [0.3, 0.4) is 0 Å². The number of hydrogen-bond acceptors (Lipinski definition) is 5. The lowest BCUT2D eigenvalue weighted by molar-refractivity contribution is -0.116. The van der Waals surface area contributed by atoms with E-state index in [0.717, 1.165) is 4.31 Å². The van der Waals surface area contributed by atoms with Gasteiger partial charge in [-0.3, -0.25) is 4.79 Å². The molecule has 2 aromatic carbocycles. The number of halogens is 2. The molecule has 0 atom stereocenters. The summed E-state index contributed by atoms with van der Waals surface area (Å²) in [6.07, 6.45) is 0. The topological polar surface area (TPSA) is 92.8 Å². The molecule has 0 saturated carbocycles. The summed E-state index contributed by atoms with van der Waals surface area (Å²) in [5, 5.41) is 3.15. The van der Waals surface area contributed by atoms with Gasteiger partial charge in [0.2, 0.25) is 15.9 Å². The van der Waals surface area contributed by atoms with E-state index < -0.39 is 28.4 Å². The number of methoxy groups -OCH3 is 1. The summed E-state index contributed by atoms with van der Waals surface area (Å²) < 4.78 is 30.6. The maximum absolute atomic E-state index is 12.6. The van der Waals surface area contributed by atoms with Crippen LogP contribution < -0.4 is 5.32 Å². The number of sulfonamides is 1. The van der Waals surface area contributed by atoms with Crippen LogP contribution in [-0.2, 0) is 19.6 Å². The summed E-state index contributed by atoms with van der Waals surface area (Å²) in [4.78, 5) is 23.5. The molecule has 10 heteroatoms. The van der Waals surface area contributed by atoms with Gasteiger partial charge in [-0.2, -0.15) is 4.31 Å². The third kappa shape index (κ3) is 5.20. The van der Waals surface area contributed by atoms with Gasteiger partial charge in [-0.15, -0.1) is 0 Å². The highest BCUT2D eigenvalue weighted by molar-refractivity contribution is 7.89. The van der Waals surface area contributed by atoms with Crippen LogP contribution in [-0.4, -0.2) is 45.3 Å². The fourth-order valence-corrected chi connectivity index (χ4v) is 3.55. The minimum Gasteiger partial charge on any atom is -0.465 e. The molecule has 7 nitrogen and oxygen atoms in total. The largest absolute Gasteiger partial charge is 0.465 e. The summed E-state index contributed by atoms with van der Waals surface area (Å²) in [6, 6.07) is 9.74. The first-order valence-corrected chi connectivity index (χ1v) is 9.74. The van der Waals surface area contributed by atoms with Crippen LogP contribution in [0.1, 0.15) is 10.4 Å². The Balaban J connectivity index is 2.08. The normalized spacial score (nSPS) is 11.3. The smallest absolute Gasteiger partial charge is 0.337 e. The number of likely N-dealkylation sites (N-methyl/N-ethyl adjacent to an activating group) is 1. The van der Waals surface area contributed by atoms with E-state index in [9.17, 15) is 18.0 Å². The van der Waals surface area contributed by atoms with Crippen molar-refractivity contribution >= 4 is 50.8 Å². The quantitative estimate of drug-likeness (QED) is 0.710. The lowest BCUT2D eigenvalue weighted by Gasteiger charge is -2.17. The minimum absolute atomic E-state index is 0.0556. The number of rotatable bonds is 6. The molecule has 2 aromatic rings. The highest BCUT2D eigenvalue weighted by atomic mass is 35.5. The van der Waals surface area contributed by atoms with Crippen molar-refractivity contribution in [3.63, 3.8) is 0 Å². The summed E-state index contributed by atoms with van der Waals surface area (Å²) in [5.41, 5.74) is 0.610. The van der Waals surface area contributed by atoms with E-state index in [1.54, 1.807) is 6.07 Å². The highest BCUT2D eigenvalue weighted by Gasteiger charge is 2.23. The van der Waals surface area contributed by atoms with Crippen LogP contribution in [0, 0.1) is 0 Å². The molecule has 0 aliphatic heterocycles. The Morgan fingerprint density at radius 3 is 2.26 bits per heavy atom. The molecule has 0 spiro atoms. The van der Waals surface area contributed by atoms with E-state index in [1.165, 1.54) is 50.6 Å². The molecule has 1 N–H and O–H groups in total. The van der Waals surface area contributed by atoms with Crippen LogP contribution in [0.5, 0.6) is 0 Å². The van der Waals surface area contributed by atoms with Crippen molar-refractivity contribution in [1.29, 1.82) is 0 Å². The molecule has 1 amide bonds. The van der Waals surface area contributed by atoms with Crippen molar-refractivity contribution in [2.24, 2.45) is 0 Å². The monoisotopic (exact) mass is 430 g/mol. The first-order valence-electron chi connectivity index (χ1n) is 7.55. The SMILES string of the molecule is COC(=O)c1ccc(S(=O)(=O)N(C)CC(=O)Nc2ccc(Cl)c(Cl)c2)cc1. The lowest BCUT2D eigenvalue weighted by Crippen LogP contribution is -2.35. The molecule has 0 aromatic heterocycles. The van der Waals surface area contributed by atoms with Crippen molar-refractivity contribution in [3.05, 3.63) is 58.1 Å². The molecule has 0 fully saturated rings. The Hall–Kier alpha value is -2.13. The summed E-state index contributed by atoms with van der Waals surface area (Å²) in [7, 11) is -1.41. The molecule has 0 aliphatic carbocycles. The number of carbonyl (C=O) groups is 2. The van der Waals surface area contributed by atoms with Crippen LogP contribution in [0.25, 0.3) is 0 Å². The average Bonchev–Trinajstić information content (AvgIpc) is 2.64. The van der Waals surface area contributed by atoms with Gasteiger partial charge < -0.3 is 10.1 Å². The minimum atomic E-state index is -3.92. The van der Waals surface area contributed by atoms with E-state index in [4.69, 9.17) is 23.2 Å². The summed E-state index contributed by atoms with van der Waals surface area (Å²) >= 11 is 11.7. The molecule has 144 valence electrons. The van der Waals surface area contributed by atoms with Gasteiger partial charge in [-0.05, 0) is 42.5 Å². The molecular weight excluding hydrogens is 415 g/mol. The van der Waals surface area contributed by atoms with Crippen molar-refractivity contribution < 1.29 is 22.7 Å². The standard InChI is InChI=1S/C17H16Cl2N2O5S/c1-21(10-16(22)20-12-5-8-14(18)15(19)9-12)27(24,25)13-6-3-11(4-7-13)17(23)26-2/h3-9H,10H2,1-2H3,(H,20,22). The van der Waals surface area contributed by atoms with Gasteiger partial charge in [0.25, 0.3) is 0 Å². The number of ether oxygens (including phenoxy) is 1. The number of amides is 1.